The summed E-state index contributed by atoms with van der Waals surface area (Å²) in [4.78, 5) is 0. The highest BCUT2D eigenvalue weighted by atomic mass is 15.3. The van der Waals surface area contributed by atoms with Gasteiger partial charge in [0.1, 0.15) is 0 Å². The maximum Gasteiger partial charge on any atom is 0.0675 e. The number of nitrogens with one attached hydrogen (secondary N) is 1. The second-order valence-corrected chi connectivity index (χ2v) is 4.93. The summed E-state index contributed by atoms with van der Waals surface area (Å²) in [5.41, 5.74) is 2.44. The van der Waals surface area contributed by atoms with Gasteiger partial charge in [0.2, 0.25) is 0 Å². The molecule has 0 bridgehead atoms. The van der Waals surface area contributed by atoms with E-state index in [1.165, 1.54) is 31.4 Å². The largest absolute Gasteiger partial charge is 0.312 e. The normalized spacial score (nSPS) is 25.2. The Bertz CT molecular complexity index is 343. The minimum atomic E-state index is 0.570. The number of hydrogen-bond donors (Lipinski definition) is 1. The molecular weight excluding hydrogens is 198 g/mol. The van der Waals surface area contributed by atoms with E-state index in [1.54, 1.807) is 0 Å². The van der Waals surface area contributed by atoms with Gasteiger partial charge in [0.05, 0.1) is 11.7 Å². The first-order valence-electron chi connectivity index (χ1n) is 6.48. The maximum absolute atomic E-state index is 4.63. The molecule has 16 heavy (non-hydrogen) atoms. The van der Waals surface area contributed by atoms with Crippen molar-refractivity contribution in [3.8, 4) is 0 Å². The van der Waals surface area contributed by atoms with Gasteiger partial charge in [0, 0.05) is 11.7 Å². The molecule has 0 amide bonds. The average Bonchev–Trinajstić information content (AvgIpc) is 2.81. The van der Waals surface area contributed by atoms with Gasteiger partial charge in [0.25, 0.3) is 0 Å². The number of hydrogen-bond acceptors (Lipinski definition) is 2. The van der Waals surface area contributed by atoms with E-state index in [1.807, 2.05) is 0 Å². The van der Waals surface area contributed by atoms with Crippen molar-refractivity contribution in [2.75, 3.05) is 6.54 Å². The van der Waals surface area contributed by atoms with Crippen LogP contribution in [0.5, 0.6) is 0 Å². The van der Waals surface area contributed by atoms with Gasteiger partial charge in [-0.1, -0.05) is 6.92 Å². The van der Waals surface area contributed by atoms with E-state index in [0.717, 1.165) is 12.2 Å². The lowest BCUT2D eigenvalue weighted by molar-refractivity contribution is 0.360. The second kappa shape index (κ2) is 5.00. The fourth-order valence-electron chi connectivity index (χ4n) is 2.78. The van der Waals surface area contributed by atoms with Crippen molar-refractivity contribution >= 4 is 0 Å². The summed E-state index contributed by atoms with van der Waals surface area (Å²) in [6.07, 6.45) is 5.09. The van der Waals surface area contributed by atoms with Crippen LogP contribution >= 0.6 is 0 Å². The van der Waals surface area contributed by atoms with E-state index < -0.39 is 0 Å². The monoisotopic (exact) mass is 221 g/mol. The van der Waals surface area contributed by atoms with Gasteiger partial charge in [0.15, 0.2) is 0 Å². The van der Waals surface area contributed by atoms with Crippen molar-refractivity contribution < 1.29 is 0 Å². The summed E-state index contributed by atoms with van der Waals surface area (Å²) in [6.45, 7) is 7.59. The van der Waals surface area contributed by atoms with Crippen LogP contribution in [-0.4, -0.2) is 22.4 Å². The Balaban J connectivity index is 2.10. The zero-order valence-electron chi connectivity index (χ0n) is 10.7. The van der Waals surface area contributed by atoms with Crippen LogP contribution in [0.25, 0.3) is 0 Å². The molecule has 0 saturated heterocycles. The van der Waals surface area contributed by atoms with Gasteiger partial charge in [-0.25, -0.2) is 0 Å². The molecule has 90 valence electrons. The highest BCUT2D eigenvalue weighted by Gasteiger charge is 2.29. The van der Waals surface area contributed by atoms with Crippen LogP contribution in [0, 0.1) is 13.8 Å². The molecule has 1 aromatic rings. The molecule has 0 spiro atoms. The van der Waals surface area contributed by atoms with Crippen molar-refractivity contribution in [2.24, 2.45) is 0 Å². The Morgan fingerprint density at radius 3 is 2.88 bits per heavy atom. The summed E-state index contributed by atoms with van der Waals surface area (Å²) in [6, 6.07) is 3.37. The smallest absolute Gasteiger partial charge is 0.0675 e. The van der Waals surface area contributed by atoms with Gasteiger partial charge in [-0.2, -0.15) is 5.10 Å². The van der Waals surface area contributed by atoms with E-state index in [4.69, 9.17) is 0 Å². The SMILES string of the molecule is CCCNC1CCCC1n1nc(C)cc1C. The fourth-order valence-corrected chi connectivity index (χ4v) is 2.78. The molecule has 2 atom stereocenters. The molecule has 1 fully saturated rings. The summed E-state index contributed by atoms with van der Waals surface area (Å²) < 4.78 is 2.23. The minimum absolute atomic E-state index is 0.570. The van der Waals surface area contributed by atoms with Crippen LogP contribution in [0.3, 0.4) is 0 Å². The van der Waals surface area contributed by atoms with E-state index >= 15 is 0 Å². The second-order valence-electron chi connectivity index (χ2n) is 4.93. The Morgan fingerprint density at radius 1 is 1.44 bits per heavy atom. The minimum Gasteiger partial charge on any atom is -0.312 e. The summed E-state index contributed by atoms with van der Waals surface area (Å²) in [7, 11) is 0. The van der Waals surface area contributed by atoms with Crippen LogP contribution in [0.1, 0.15) is 50.0 Å². The molecule has 0 radical (unpaired) electrons. The molecule has 1 aromatic heterocycles. The molecule has 1 saturated carbocycles. The van der Waals surface area contributed by atoms with Crippen LogP contribution in [0.15, 0.2) is 6.07 Å². The van der Waals surface area contributed by atoms with Crippen molar-refractivity contribution in [3.63, 3.8) is 0 Å². The zero-order chi connectivity index (χ0) is 11.5. The van der Waals surface area contributed by atoms with Crippen molar-refractivity contribution in [1.29, 1.82) is 0 Å². The van der Waals surface area contributed by atoms with Crippen LogP contribution in [0.4, 0.5) is 0 Å². The third-order valence-corrected chi connectivity index (χ3v) is 3.49. The molecule has 3 heteroatoms. The topological polar surface area (TPSA) is 29.9 Å². The van der Waals surface area contributed by atoms with Crippen LogP contribution in [0.2, 0.25) is 0 Å². The van der Waals surface area contributed by atoms with Crippen LogP contribution in [-0.2, 0) is 0 Å². The van der Waals surface area contributed by atoms with Gasteiger partial charge in [-0.15, -0.1) is 0 Å². The predicted molar refractivity (Wildman–Crippen MR) is 66.7 cm³/mol. The number of nitrogens with zero attached hydrogens (tertiary/aromatic N) is 2. The van der Waals surface area contributed by atoms with Crippen molar-refractivity contribution in [2.45, 2.75) is 58.5 Å². The van der Waals surface area contributed by atoms with E-state index in [0.29, 0.717) is 12.1 Å². The zero-order valence-corrected chi connectivity index (χ0v) is 10.7. The fraction of sp³-hybridized carbons (Fsp3) is 0.769. The van der Waals surface area contributed by atoms with Gasteiger partial charge in [-0.05, 0) is 52.1 Å². The summed E-state index contributed by atoms with van der Waals surface area (Å²) in [5.74, 6) is 0. The van der Waals surface area contributed by atoms with E-state index in [9.17, 15) is 0 Å². The summed E-state index contributed by atoms with van der Waals surface area (Å²) in [5, 5.41) is 8.28. The standard InChI is InChI=1S/C13H23N3/c1-4-8-14-12-6-5-7-13(12)16-11(3)9-10(2)15-16/h9,12-14H,4-8H2,1-3H3. The van der Waals surface area contributed by atoms with Gasteiger partial charge >= 0.3 is 0 Å². The molecule has 3 nitrogen and oxygen atoms in total. The Morgan fingerprint density at radius 2 is 2.25 bits per heavy atom. The third-order valence-electron chi connectivity index (χ3n) is 3.49. The Labute approximate surface area is 98.2 Å². The quantitative estimate of drug-likeness (QED) is 0.847. The molecule has 2 rings (SSSR count). The Kier molecular flexibility index (Phi) is 3.64. The number of aryl methyl sites for hydroxylation is 2. The molecule has 0 aromatic carbocycles. The number of aromatic nitrogens is 2. The molecule has 1 heterocycles. The van der Waals surface area contributed by atoms with Crippen molar-refractivity contribution in [1.82, 2.24) is 15.1 Å². The van der Waals surface area contributed by atoms with Gasteiger partial charge in [-0.3, -0.25) is 4.68 Å². The lowest BCUT2D eigenvalue weighted by Crippen LogP contribution is -2.35. The molecule has 2 unspecified atom stereocenters. The lowest BCUT2D eigenvalue weighted by Gasteiger charge is -2.22. The van der Waals surface area contributed by atoms with E-state index in [-0.39, 0.29) is 0 Å². The maximum atomic E-state index is 4.63. The molecular formula is C13H23N3. The first-order chi connectivity index (χ1) is 7.72. The Hall–Kier alpha value is -0.830. The third kappa shape index (κ3) is 2.29. The highest BCUT2D eigenvalue weighted by Crippen LogP contribution is 2.30. The number of rotatable bonds is 4. The van der Waals surface area contributed by atoms with Crippen LogP contribution < -0.4 is 5.32 Å². The molecule has 1 aliphatic rings. The summed E-state index contributed by atoms with van der Waals surface area (Å²) >= 11 is 0. The molecule has 0 aliphatic heterocycles. The molecule has 1 N–H and O–H groups in total. The van der Waals surface area contributed by atoms with E-state index in [2.05, 4.69) is 41.9 Å². The predicted octanol–water partition coefficient (Wildman–Crippen LogP) is 2.59. The average molecular weight is 221 g/mol. The molecule has 1 aliphatic carbocycles. The van der Waals surface area contributed by atoms with Crippen molar-refractivity contribution in [3.05, 3.63) is 17.5 Å². The highest BCUT2D eigenvalue weighted by molar-refractivity contribution is 5.09. The first-order valence-corrected chi connectivity index (χ1v) is 6.48. The first kappa shape index (κ1) is 11.6. The van der Waals surface area contributed by atoms with Gasteiger partial charge < -0.3 is 5.32 Å². The lowest BCUT2D eigenvalue weighted by atomic mass is 10.1.